The van der Waals surface area contributed by atoms with Gasteiger partial charge < -0.3 is 5.73 Å². The Morgan fingerprint density at radius 3 is 3.00 bits per heavy atom. The van der Waals surface area contributed by atoms with Crippen LogP contribution >= 0.6 is 0 Å². The third-order valence-corrected chi connectivity index (χ3v) is 2.02. The minimum Gasteiger partial charge on any atom is -0.382 e. The molecule has 74 valence electrons. The third kappa shape index (κ3) is 1.13. The van der Waals surface area contributed by atoms with Crippen LogP contribution in [0.5, 0.6) is 0 Å². The second-order valence-electron chi connectivity index (χ2n) is 3.00. The number of rotatable bonds is 1. The molecule has 3 heterocycles. The third-order valence-electron chi connectivity index (χ3n) is 2.02. The molecule has 7 heteroatoms. The van der Waals surface area contributed by atoms with E-state index >= 15 is 0 Å². The van der Waals surface area contributed by atoms with Crippen molar-refractivity contribution in [2.24, 2.45) is 0 Å². The maximum Gasteiger partial charge on any atom is 0.205 e. The SMILES string of the molecule is Nc1ccn(-c2nccn3cnnc23)n1. The van der Waals surface area contributed by atoms with Gasteiger partial charge in [-0.05, 0) is 0 Å². The molecule has 0 saturated carbocycles. The molecule has 7 nitrogen and oxygen atoms in total. The zero-order valence-corrected chi connectivity index (χ0v) is 7.65. The van der Waals surface area contributed by atoms with Gasteiger partial charge in [0.15, 0.2) is 5.82 Å². The molecule has 0 amide bonds. The predicted molar refractivity (Wildman–Crippen MR) is 52.3 cm³/mol. The Kier molecular flexibility index (Phi) is 1.46. The van der Waals surface area contributed by atoms with E-state index in [-0.39, 0.29) is 0 Å². The van der Waals surface area contributed by atoms with Gasteiger partial charge in [0.05, 0.1) is 0 Å². The lowest BCUT2D eigenvalue weighted by Crippen LogP contribution is -2.02. The fourth-order valence-electron chi connectivity index (χ4n) is 1.36. The molecule has 15 heavy (non-hydrogen) atoms. The zero-order valence-electron chi connectivity index (χ0n) is 7.65. The highest BCUT2D eigenvalue weighted by atomic mass is 15.3. The highest BCUT2D eigenvalue weighted by Crippen LogP contribution is 2.10. The van der Waals surface area contributed by atoms with Gasteiger partial charge in [0.25, 0.3) is 0 Å². The molecule has 3 aromatic heterocycles. The summed E-state index contributed by atoms with van der Waals surface area (Å²) >= 11 is 0. The van der Waals surface area contributed by atoms with Crippen LogP contribution in [0.1, 0.15) is 0 Å². The van der Waals surface area contributed by atoms with Crippen molar-refractivity contribution >= 4 is 11.5 Å². The van der Waals surface area contributed by atoms with Crippen molar-refractivity contribution in [2.45, 2.75) is 0 Å². The van der Waals surface area contributed by atoms with E-state index in [0.29, 0.717) is 17.3 Å². The quantitative estimate of drug-likeness (QED) is 0.593. The molecule has 0 unspecified atom stereocenters. The molecule has 0 radical (unpaired) electrons. The lowest BCUT2D eigenvalue weighted by molar-refractivity contribution is 0.845. The molecule has 0 fully saturated rings. The monoisotopic (exact) mass is 201 g/mol. The number of fused-ring (bicyclic) bond motifs is 1. The van der Waals surface area contributed by atoms with Crippen molar-refractivity contribution < 1.29 is 0 Å². The fourth-order valence-corrected chi connectivity index (χ4v) is 1.36. The summed E-state index contributed by atoms with van der Waals surface area (Å²) in [7, 11) is 0. The average Bonchev–Trinajstić information content (AvgIpc) is 2.84. The second-order valence-corrected chi connectivity index (χ2v) is 3.00. The number of nitrogens with two attached hydrogens (primary N) is 1. The van der Waals surface area contributed by atoms with Gasteiger partial charge >= 0.3 is 0 Å². The predicted octanol–water partition coefficient (Wildman–Crippen LogP) is -0.108. The topological polar surface area (TPSA) is 86.9 Å². The molecular formula is C8H7N7. The standard InChI is InChI=1S/C8H7N7/c9-6-1-3-15(13-6)7-8-12-11-5-14(8)4-2-10-7/h1-5H,(H2,9,13). The molecule has 0 aromatic carbocycles. The van der Waals surface area contributed by atoms with Crippen molar-refractivity contribution in [1.29, 1.82) is 0 Å². The normalized spacial score (nSPS) is 10.9. The molecule has 0 aliphatic heterocycles. The Labute approximate surface area is 84.2 Å². The summed E-state index contributed by atoms with van der Waals surface area (Å²) in [5.74, 6) is 1.05. The van der Waals surface area contributed by atoms with Crippen molar-refractivity contribution in [3.63, 3.8) is 0 Å². The van der Waals surface area contributed by atoms with Crippen molar-refractivity contribution in [3.8, 4) is 5.82 Å². The highest BCUT2D eigenvalue weighted by molar-refractivity contribution is 5.52. The largest absolute Gasteiger partial charge is 0.382 e. The molecule has 0 atom stereocenters. The van der Waals surface area contributed by atoms with Gasteiger partial charge in [-0.2, -0.15) is 0 Å². The number of nitrogen functional groups attached to an aromatic ring is 1. The van der Waals surface area contributed by atoms with Gasteiger partial charge in [0, 0.05) is 24.7 Å². The van der Waals surface area contributed by atoms with E-state index in [4.69, 9.17) is 5.73 Å². The maximum absolute atomic E-state index is 5.53. The summed E-state index contributed by atoms with van der Waals surface area (Å²) < 4.78 is 3.33. The molecule has 0 aliphatic rings. The summed E-state index contributed by atoms with van der Waals surface area (Å²) in [6.07, 6.45) is 6.76. The molecule has 0 aliphatic carbocycles. The van der Waals surface area contributed by atoms with Crippen LogP contribution in [0.2, 0.25) is 0 Å². The number of nitrogens with zero attached hydrogens (tertiary/aromatic N) is 6. The molecule has 2 N–H and O–H groups in total. The van der Waals surface area contributed by atoms with Crippen molar-refractivity contribution in [2.75, 3.05) is 5.73 Å². The zero-order chi connectivity index (χ0) is 10.3. The molecule has 0 spiro atoms. The maximum atomic E-state index is 5.53. The summed E-state index contributed by atoms with van der Waals surface area (Å²) in [4.78, 5) is 4.18. The minimum absolute atomic E-state index is 0.443. The van der Waals surface area contributed by atoms with E-state index < -0.39 is 0 Å². The lowest BCUT2D eigenvalue weighted by Gasteiger charge is -2.00. The van der Waals surface area contributed by atoms with Gasteiger partial charge in [0.2, 0.25) is 5.65 Å². The minimum atomic E-state index is 0.443. The van der Waals surface area contributed by atoms with Crippen LogP contribution in [0.4, 0.5) is 5.82 Å². The van der Waals surface area contributed by atoms with Crippen LogP contribution in [0.25, 0.3) is 11.5 Å². The summed E-state index contributed by atoms with van der Waals surface area (Å²) in [5.41, 5.74) is 6.17. The first-order valence-electron chi connectivity index (χ1n) is 4.30. The number of hydrogen-bond donors (Lipinski definition) is 1. The Morgan fingerprint density at radius 2 is 2.20 bits per heavy atom. The first-order chi connectivity index (χ1) is 7.34. The molecule has 3 rings (SSSR count). The van der Waals surface area contributed by atoms with E-state index in [1.54, 1.807) is 40.1 Å². The van der Waals surface area contributed by atoms with Gasteiger partial charge in [-0.1, -0.05) is 0 Å². The van der Waals surface area contributed by atoms with E-state index in [9.17, 15) is 0 Å². The Balaban J connectivity index is 2.30. The summed E-state index contributed by atoms with van der Waals surface area (Å²) in [6, 6.07) is 1.70. The van der Waals surface area contributed by atoms with E-state index in [1.807, 2.05) is 0 Å². The smallest absolute Gasteiger partial charge is 0.205 e. The van der Waals surface area contributed by atoms with Crippen molar-refractivity contribution in [1.82, 2.24) is 29.4 Å². The van der Waals surface area contributed by atoms with Crippen molar-refractivity contribution in [3.05, 3.63) is 31.0 Å². The van der Waals surface area contributed by atoms with Crippen LogP contribution in [0, 0.1) is 0 Å². The Bertz CT molecular complexity index is 608. The first kappa shape index (κ1) is 7.92. The molecule has 3 aromatic rings. The fraction of sp³-hybridized carbons (Fsp3) is 0. The molecule has 0 saturated heterocycles. The molecular weight excluding hydrogens is 194 g/mol. The van der Waals surface area contributed by atoms with Gasteiger partial charge in [0.1, 0.15) is 12.1 Å². The van der Waals surface area contributed by atoms with Crippen LogP contribution in [-0.4, -0.2) is 29.4 Å². The highest BCUT2D eigenvalue weighted by Gasteiger charge is 2.07. The average molecular weight is 201 g/mol. The van der Waals surface area contributed by atoms with Gasteiger partial charge in [-0.25, -0.2) is 9.67 Å². The number of aromatic nitrogens is 6. The van der Waals surface area contributed by atoms with Crippen LogP contribution < -0.4 is 5.73 Å². The van der Waals surface area contributed by atoms with E-state index in [2.05, 4.69) is 20.3 Å². The van der Waals surface area contributed by atoms with E-state index in [1.165, 1.54) is 0 Å². The Hall–Kier alpha value is -2.44. The summed E-state index contributed by atoms with van der Waals surface area (Å²) in [6.45, 7) is 0. The first-order valence-corrected chi connectivity index (χ1v) is 4.30. The van der Waals surface area contributed by atoms with Crippen LogP contribution in [0.15, 0.2) is 31.0 Å². The number of anilines is 1. The van der Waals surface area contributed by atoms with Gasteiger partial charge in [-0.15, -0.1) is 15.3 Å². The van der Waals surface area contributed by atoms with Crippen LogP contribution in [-0.2, 0) is 0 Å². The lowest BCUT2D eigenvalue weighted by atomic mass is 10.6. The molecule has 0 bridgehead atoms. The second kappa shape index (κ2) is 2.77. The number of hydrogen-bond acceptors (Lipinski definition) is 5. The Morgan fingerprint density at radius 1 is 1.27 bits per heavy atom. The van der Waals surface area contributed by atoms with E-state index in [0.717, 1.165) is 0 Å². The van der Waals surface area contributed by atoms with Crippen LogP contribution in [0.3, 0.4) is 0 Å². The van der Waals surface area contributed by atoms with Gasteiger partial charge in [-0.3, -0.25) is 4.40 Å². The summed E-state index contributed by atoms with van der Waals surface area (Å²) in [5, 5.41) is 11.8.